The predicted octanol–water partition coefficient (Wildman–Crippen LogP) is 5.55. The Labute approximate surface area is 170 Å². The van der Waals surface area contributed by atoms with Crippen LogP contribution in [-0.4, -0.2) is 27.0 Å². The number of carbonyl (C=O) groups excluding carboxylic acids is 1. The zero-order valence-electron chi connectivity index (χ0n) is 18.3. The second kappa shape index (κ2) is 7.67. The molecule has 154 valence electrons. The van der Waals surface area contributed by atoms with Crippen molar-refractivity contribution in [1.82, 2.24) is 0 Å². The molecule has 1 aliphatic carbocycles. The molecular weight excluding hydrogens is 368 g/mol. The largest absolute Gasteiger partial charge is 0.546 e. The van der Waals surface area contributed by atoms with Crippen LogP contribution in [0.15, 0.2) is 35.6 Å². The van der Waals surface area contributed by atoms with Gasteiger partial charge in [0.1, 0.15) is 6.10 Å². The fraction of sp³-hybridized carbons (Fsp3) is 0.609. The fourth-order valence-corrected chi connectivity index (χ4v) is 4.95. The number of rotatable bonds is 4. The van der Waals surface area contributed by atoms with Gasteiger partial charge in [-0.1, -0.05) is 52.0 Å². The molecule has 0 N–H and O–H groups in total. The zero-order valence-corrected chi connectivity index (χ0v) is 19.3. The minimum atomic E-state index is -2.05. The molecule has 28 heavy (non-hydrogen) atoms. The summed E-state index contributed by atoms with van der Waals surface area (Å²) in [6, 6.07) is 8.37. The molecule has 0 fully saturated rings. The lowest BCUT2D eigenvalue weighted by Gasteiger charge is -2.45. The standard InChI is InChI=1S/C23H34O4Si/c1-8-25-22(24)20-15(2)19(27-28(6,7)23(3,4)5)18-14-13-16-11-9-10-12-17(16)21(18)26-20/h9-12,15,20-21H,8,13-14H2,1-7H3/t15-,20-,21+/m0/s1. The van der Waals surface area contributed by atoms with E-state index in [1.807, 2.05) is 19.9 Å². The third-order valence-corrected chi connectivity index (χ3v) is 10.8. The van der Waals surface area contributed by atoms with Crippen LogP contribution in [0.5, 0.6) is 0 Å². The molecule has 0 bridgehead atoms. The van der Waals surface area contributed by atoms with Crippen LogP contribution in [0, 0.1) is 5.92 Å². The van der Waals surface area contributed by atoms with Crippen molar-refractivity contribution >= 4 is 14.3 Å². The number of hydrogen-bond donors (Lipinski definition) is 0. The van der Waals surface area contributed by atoms with Crippen LogP contribution in [0.25, 0.3) is 0 Å². The number of ether oxygens (including phenoxy) is 2. The molecule has 4 nitrogen and oxygen atoms in total. The normalized spacial score (nSPS) is 25.0. The van der Waals surface area contributed by atoms with Crippen LogP contribution in [-0.2, 0) is 25.1 Å². The van der Waals surface area contributed by atoms with E-state index in [-0.39, 0.29) is 23.0 Å². The summed E-state index contributed by atoms with van der Waals surface area (Å²) in [6.07, 6.45) is 1.02. The molecule has 0 saturated heterocycles. The number of hydrogen-bond acceptors (Lipinski definition) is 4. The molecule has 1 aromatic rings. The first-order valence-corrected chi connectivity index (χ1v) is 13.3. The summed E-state index contributed by atoms with van der Waals surface area (Å²) in [4.78, 5) is 12.7. The summed E-state index contributed by atoms with van der Waals surface area (Å²) in [5.74, 6) is 0.522. The Morgan fingerprint density at radius 2 is 1.89 bits per heavy atom. The van der Waals surface area contributed by atoms with Gasteiger partial charge in [0, 0.05) is 5.92 Å². The number of carbonyl (C=O) groups is 1. The van der Waals surface area contributed by atoms with Gasteiger partial charge in [-0.3, -0.25) is 0 Å². The Morgan fingerprint density at radius 3 is 2.54 bits per heavy atom. The molecule has 5 heteroatoms. The Kier molecular flexibility index (Phi) is 5.79. The topological polar surface area (TPSA) is 44.8 Å². The third-order valence-electron chi connectivity index (χ3n) is 6.47. The average molecular weight is 403 g/mol. The van der Waals surface area contributed by atoms with Crippen molar-refractivity contribution in [1.29, 1.82) is 0 Å². The number of aryl methyl sites for hydroxylation is 1. The minimum absolute atomic E-state index is 0.0834. The number of fused-ring (bicyclic) bond motifs is 3. The van der Waals surface area contributed by atoms with Crippen LogP contribution < -0.4 is 0 Å². The van der Waals surface area contributed by atoms with Gasteiger partial charge in [0.25, 0.3) is 0 Å². The molecule has 1 aromatic carbocycles. The molecule has 1 aliphatic heterocycles. The minimum Gasteiger partial charge on any atom is -0.546 e. The summed E-state index contributed by atoms with van der Waals surface area (Å²) in [5, 5.41) is 0.0834. The molecule has 0 unspecified atom stereocenters. The van der Waals surface area contributed by atoms with Gasteiger partial charge in [0.2, 0.25) is 8.32 Å². The van der Waals surface area contributed by atoms with Crippen molar-refractivity contribution in [3.63, 3.8) is 0 Å². The van der Waals surface area contributed by atoms with Gasteiger partial charge in [-0.15, -0.1) is 0 Å². The lowest BCUT2D eigenvalue weighted by Crippen LogP contribution is -2.46. The van der Waals surface area contributed by atoms with E-state index in [9.17, 15) is 4.79 Å². The van der Waals surface area contributed by atoms with Crippen molar-refractivity contribution in [3.8, 4) is 0 Å². The van der Waals surface area contributed by atoms with E-state index < -0.39 is 14.4 Å². The highest BCUT2D eigenvalue weighted by Crippen LogP contribution is 2.48. The molecule has 0 amide bonds. The molecule has 0 saturated carbocycles. The first-order valence-electron chi connectivity index (χ1n) is 10.4. The Balaban J connectivity index is 2.07. The Hall–Kier alpha value is -1.59. The third kappa shape index (κ3) is 3.79. The van der Waals surface area contributed by atoms with Crippen molar-refractivity contribution < 1.29 is 18.7 Å². The van der Waals surface area contributed by atoms with Gasteiger partial charge in [-0.05, 0) is 54.6 Å². The van der Waals surface area contributed by atoms with Crippen molar-refractivity contribution in [2.75, 3.05) is 6.61 Å². The highest BCUT2D eigenvalue weighted by atomic mass is 28.4. The van der Waals surface area contributed by atoms with Crippen LogP contribution >= 0.6 is 0 Å². The van der Waals surface area contributed by atoms with E-state index in [0.29, 0.717) is 6.61 Å². The van der Waals surface area contributed by atoms with Crippen LogP contribution in [0.2, 0.25) is 18.1 Å². The maximum Gasteiger partial charge on any atom is 0.336 e. The lowest BCUT2D eigenvalue weighted by atomic mass is 9.80. The molecule has 0 aromatic heterocycles. The second-order valence-electron chi connectivity index (χ2n) is 9.43. The van der Waals surface area contributed by atoms with E-state index in [1.54, 1.807) is 0 Å². The highest BCUT2D eigenvalue weighted by Gasteiger charge is 2.47. The molecule has 0 spiro atoms. The van der Waals surface area contributed by atoms with Gasteiger partial charge in [-0.2, -0.15) is 0 Å². The Morgan fingerprint density at radius 1 is 1.21 bits per heavy atom. The van der Waals surface area contributed by atoms with Crippen LogP contribution in [0.4, 0.5) is 0 Å². The van der Waals surface area contributed by atoms with Gasteiger partial charge in [-0.25, -0.2) is 4.79 Å². The molecule has 2 aliphatic rings. The molecule has 3 atom stereocenters. The number of esters is 1. The SMILES string of the molecule is CCOC(=O)[C@H]1O[C@H]2C(=C(O[Si](C)(C)C(C)(C)C)[C@@H]1C)CCc1ccccc12. The summed E-state index contributed by atoms with van der Waals surface area (Å²) >= 11 is 0. The first kappa shape index (κ1) is 21.1. The monoisotopic (exact) mass is 402 g/mol. The van der Waals surface area contributed by atoms with Gasteiger partial charge in [0.15, 0.2) is 6.10 Å². The van der Waals surface area contributed by atoms with Crippen LogP contribution in [0.1, 0.15) is 58.3 Å². The van der Waals surface area contributed by atoms with Gasteiger partial charge >= 0.3 is 5.97 Å². The van der Waals surface area contributed by atoms with E-state index in [0.717, 1.165) is 24.2 Å². The van der Waals surface area contributed by atoms with Crippen LogP contribution in [0.3, 0.4) is 0 Å². The molecule has 1 heterocycles. The van der Waals surface area contributed by atoms with E-state index in [2.05, 4.69) is 52.1 Å². The molecule has 3 rings (SSSR count). The zero-order chi connectivity index (χ0) is 20.7. The van der Waals surface area contributed by atoms with Gasteiger partial charge < -0.3 is 13.9 Å². The van der Waals surface area contributed by atoms with E-state index >= 15 is 0 Å². The Bertz CT molecular complexity index is 775. The van der Waals surface area contributed by atoms with Crippen molar-refractivity contribution in [2.45, 2.75) is 77.8 Å². The quantitative estimate of drug-likeness (QED) is 0.489. The smallest absolute Gasteiger partial charge is 0.336 e. The summed E-state index contributed by atoms with van der Waals surface area (Å²) in [7, 11) is -2.05. The maximum atomic E-state index is 12.7. The molecule has 0 radical (unpaired) electrons. The summed E-state index contributed by atoms with van der Waals surface area (Å²) < 4.78 is 18.5. The van der Waals surface area contributed by atoms with E-state index in [1.165, 1.54) is 11.1 Å². The van der Waals surface area contributed by atoms with Gasteiger partial charge in [0.05, 0.1) is 12.4 Å². The summed E-state index contributed by atoms with van der Waals surface area (Å²) in [6.45, 7) is 15.5. The fourth-order valence-electron chi connectivity index (χ4n) is 3.78. The van der Waals surface area contributed by atoms with E-state index in [4.69, 9.17) is 13.9 Å². The lowest BCUT2D eigenvalue weighted by molar-refractivity contribution is -0.166. The second-order valence-corrected chi connectivity index (χ2v) is 14.2. The predicted molar refractivity (Wildman–Crippen MR) is 113 cm³/mol. The summed E-state index contributed by atoms with van der Waals surface area (Å²) in [5.41, 5.74) is 3.65. The average Bonchev–Trinajstić information content (AvgIpc) is 2.62. The molecular formula is C23H34O4Si. The first-order chi connectivity index (χ1) is 13.1. The van der Waals surface area contributed by atoms with Crippen molar-refractivity contribution in [3.05, 3.63) is 46.7 Å². The highest BCUT2D eigenvalue weighted by molar-refractivity contribution is 6.74. The maximum absolute atomic E-state index is 12.7. The number of benzene rings is 1. The van der Waals surface area contributed by atoms with Crippen molar-refractivity contribution in [2.24, 2.45) is 5.92 Å².